The molecule has 0 saturated carbocycles. The summed E-state index contributed by atoms with van der Waals surface area (Å²) in [5.74, 6) is 12.3. The fourth-order valence-electron chi connectivity index (χ4n) is 4.05. The summed E-state index contributed by atoms with van der Waals surface area (Å²) in [6.07, 6.45) is 0.630. The van der Waals surface area contributed by atoms with Gasteiger partial charge in [0.05, 0.1) is 18.7 Å². The van der Waals surface area contributed by atoms with E-state index in [1.807, 2.05) is 56.5 Å². The topological polar surface area (TPSA) is 105 Å². The quantitative estimate of drug-likeness (QED) is 0.237. The zero-order chi connectivity index (χ0) is 26.0. The maximum absolute atomic E-state index is 12.8. The number of aromatic nitrogens is 3. The van der Waals surface area contributed by atoms with Crippen LogP contribution in [0.25, 0.3) is 5.00 Å². The molecule has 1 aliphatic heterocycles. The average Bonchev–Trinajstić information content (AvgIpc) is 3.28. The Hall–Kier alpha value is -3.32. The second kappa shape index (κ2) is 10.3. The molecule has 3 aromatic rings. The molecule has 1 aliphatic rings. The first kappa shape index (κ1) is 25.8. The van der Waals surface area contributed by atoms with Gasteiger partial charge in [0.15, 0.2) is 5.82 Å². The minimum Gasteiger partial charge on any atom is -0.460 e. The van der Waals surface area contributed by atoms with Gasteiger partial charge in [0.1, 0.15) is 22.5 Å². The lowest BCUT2D eigenvalue weighted by molar-refractivity contribution is -0.155. The molecule has 9 heteroatoms. The predicted molar refractivity (Wildman–Crippen MR) is 140 cm³/mol. The average molecular weight is 506 g/mol. The van der Waals surface area contributed by atoms with Crippen LogP contribution < -0.4 is 5.90 Å². The molecule has 0 fully saturated rings. The summed E-state index contributed by atoms with van der Waals surface area (Å²) in [4.78, 5) is 23.7. The summed E-state index contributed by atoms with van der Waals surface area (Å²) in [6, 6.07) is 7.44. The van der Waals surface area contributed by atoms with E-state index in [1.54, 1.807) is 11.3 Å². The number of nitrogens with zero attached hydrogens (tertiary/aromatic N) is 4. The van der Waals surface area contributed by atoms with E-state index in [4.69, 9.17) is 15.6 Å². The number of esters is 1. The van der Waals surface area contributed by atoms with Crippen LogP contribution in [0.5, 0.6) is 0 Å². The number of benzene rings is 1. The van der Waals surface area contributed by atoms with Crippen molar-refractivity contribution in [1.29, 1.82) is 0 Å². The molecule has 0 bridgehead atoms. The Labute approximate surface area is 215 Å². The molecule has 4 rings (SSSR count). The lowest BCUT2D eigenvalue weighted by Gasteiger charge is -2.21. The maximum Gasteiger partial charge on any atom is 0.308 e. The zero-order valence-electron chi connectivity index (χ0n) is 21.5. The number of aliphatic imine (C=N–C) groups is 1. The summed E-state index contributed by atoms with van der Waals surface area (Å²) < 4.78 is 7.65. The summed E-state index contributed by atoms with van der Waals surface area (Å²) >= 11 is 1.68. The maximum atomic E-state index is 12.8. The van der Waals surface area contributed by atoms with Gasteiger partial charge in [-0.05, 0) is 59.2 Å². The number of nitrogens with two attached hydrogens (primary N) is 1. The predicted octanol–water partition coefficient (Wildman–Crippen LogP) is 4.51. The lowest BCUT2D eigenvalue weighted by atomic mass is 9.98. The fourth-order valence-corrected chi connectivity index (χ4v) is 5.27. The molecular weight excluding hydrogens is 474 g/mol. The van der Waals surface area contributed by atoms with Crippen molar-refractivity contribution < 1.29 is 14.4 Å². The van der Waals surface area contributed by atoms with Crippen molar-refractivity contribution in [3.05, 3.63) is 63.0 Å². The van der Waals surface area contributed by atoms with Crippen molar-refractivity contribution in [2.24, 2.45) is 10.9 Å². The number of ether oxygens (including phenoxy) is 1. The minimum absolute atomic E-state index is 0.0681. The molecule has 8 nitrogen and oxygen atoms in total. The Balaban J connectivity index is 1.81. The molecule has 0 radical (unpaired) electrons. The Morgan fingerprint density at radius 3 is 2.56 bits per heavy atom. The fraction of sp³-hybridized carbons (Fsp3) is 0.407. The number of fused-ring (bicyclic) bond motifs is 3. The van der Waals surface area contributed by atoms with Gasteiger partial charge in [-0.15, -0.1) is 21.5 Å². The van der Waals surface area contributed by atoms with Gasteiger partial charge in [0.25, 0.3) is 0 Å². The van der Waals surface area contributed by atoms with Crippen LogP contribution in [0, 0.1) is 32.6 Å². The number of thiophene rings is 1. The van der Waals surface area contributed by atoms with Crippen LogP contribution in [0.2, 0.25) is 0 Å². The summed E-state index contributed by atoms with van der Waals surface area (Å²) in [5.41, 5.74) is 4.25. The third kappa shape index (κ3) is 5.41. The minimum atomic E-state index is -0.586. The Morgan fingerprint density at radius 1 is 1.17 bits per heavy atom. The Kier molecular flexibility index (Phi) is 7.41. The molecule has 1 aromatic carbocycles. The van der Waals surface area contributed by atoms with E-state index in [-0.39, 0.29) is 12.4 Å². The van der Waals surface area contributed by atoms with Crippen molar-refractivity contribution >= 4 is 23.0 Å². The van der Waals surface area contributed by atoms with Gasteiger partial charge >= 0.3 is 5.97 Å². The van der Waals surface area contributed by atoms with Gasteiger partial charge < -0.3 is 9.57 Å². The zero-order valence-corrected chi connectivity index (χ0v) is 22.3. The van der Waals surface area contributed by atoms with Gasteiger partial charge in [0, 0.05) is 28.0 Å². The van der Waals surface area contributed by atoms with E-state index in [0.29, 0.717) is 18.9 Å². The van der Waals surface area contributed by atoms with Crippen LogP contribution in [0.15, 0.2) is 29.3 Å². The first-order valence-electron chi connectivity index (χ1n) is 11.8. The van der Waals surface area contributed by atoms with Gasteiger partial charge in [-0.2, -0.15) is 0 Å². The second-order valence-corrected chi connectivity index (χ2v) is 10.9. The van der Waals surface area contributed by atoms with Crippen molar-refractivity contribution in [2.75, 3.05) is 6.61 Å². The van der Waals surface area contributed by atoms with Crippen molar-refractivity contribution in [2.45, 2.75) is 66.0 Å². The Morgan fingerprint density at radius 2 is 1.89 bits per heavy atom. The summed E-state index contributed by atoms with van der Waals surface area (Å²) in [5, 5.41) is 9.78. The number of hydrogen-bond acceptors (Lipinski definition) is 8. The third-order valence-electron chi connectivity index (χ3n) is 5.76. The number of carbonyl (C=O) groups excluding carboxylic acids is 1. The van der Waals surface area contributed by atoms with Crippen LogP contribution in [0.3, 0.4) is 0 Å². The highest BCUT2D eigenvalue weighted by atomic mass is 32.1. The van der Waals surface area contributed by atoms with E-state index in [0.717, 1.165) is 38.8 Å². The highest BCUT2D eigenvalue weighted by Crippen LogP contribution is 2.39. The van der Waals surface area contributed by atoms with Crippen LogP contribution in [0.4, 0.5) is 0 Å². The molecule has 2 aromatic heterocycles. The van der Waals surface area contributed by atoms with Crippen molar-refractivity contribution in [1.82, 2.24) is 14.8 Å². The van der Waals surface area contributed by atoms with Gasteiger partial charge in [0.2, 0.25) is 0 Å². The normalized spacial score (nSPS) is 14.8. The molecule has 2 N–H and O–H groups in total. The number of carbonyl (C=O) groups is 1. The summed E-state index contributed by atoms with van der Waals surface area (Å²) in [6.45, 7) is 12.1. The van der Waals surface area contributed by atoms with E-state index in [2.05, 4.69) is 40.7 Å². The Bertz CT molecular complexity index is 1370. The van der Waals surface area contributed by atoms with Crippen LogP contribution >= 0.6 is 11.3 Å². The van der Waals surface area contributed by atoms with E-state index < -0.39 is 11.6 Å². The monoisotopic (exact) mass is 505 g/mol. The first-order valence-corrected chi connectivity index (χ1v) is 12.6. The molecule has 0 spiro atoms. The van der Waals surface area contributed by atoms with Gasteiger partial charge in [-0.3, -0.25) is 14.4 Å². The van der Waals surface area contributed by atoms with Gasteiger partial charge in [-0.25, -0.2) is 5.90 Å². The van der Waals surface area contributed by atoms with Gasteiger partial charge in [-0.1, -0.05) is 24.0 Å². The molecule has 0 amide bonds. The highest BCUT2D eigenvalue weighted by Gasteiger charge is 2.33. The summed E-state index contributed by atoms with van der Waals surface area (Å²) in [7, 11) is 0. The first-order chi connectivity index (χ1) is 17.1. The van der Waals surface area contributed by atoms with E-state index in [1.165, 1.54) is 4.88 Å². The van der Waals surface area contributed by atoms with E-state index >= 15 is 0 Å². The molecule has 36 heavy (non-hydrogen) atoms. The molecule has 0 saturated heterocycles. The lowest BCUT2D eigenvalue weighted by Crippen LogP contribution is -2.25. The standard InChI is InChI=1S/C27H31N5O3S/c1-16-17(2)36-26-23(16)24(20-12-10-19(11-13-20)9-7-8-14-34-28)29-21(15-22(33)35-27(4,5)6)25-31-30-18(3)32(25)26/h10-13,21H,8,14-15,28H2,1-6H3/t21-/m0/s1. The van der Waals surface area contributed by atoms with Crippen LogP contribution in [-0.2, 0) is 14.4 Å². The van der Waals surface area contributed by atoms with Crippen LogP contribution in [-0.4, -0.2) is 38.7 Å². The van der Waals surface area contributed by atoms with Crippen molar-refractivity contribution in [3.8, 4) is 16.8 Å². The molecular formula is C27H31N5O3S. The van der Waals surface area contributed by atoms with Crippen molar-refractivity contribution in [3.63, 3.8) is 0 Å². The molecule has 3 heterocycles. The number of rotatable bonds is 5. The number of hydrogen-bond donors (Lipinski definition) is 1. The number of aryl methyl sites for hydroxylation is 2. The van der Waals surface area contributed by atoms with E-state index in [9.17, 15) is 4.79 Å². The second-order valence-electron chi connectivity index (χ2n) is 9.69. The molecule has 188 valence electrons. The molecule has 1 atom stereocenters. The largest absolute Gasteiger partial charge is 0.460 e. The highest BCUT2D eigenvalue weighted by molar-refractivity contribution is 7.15. The molecule has 0 unspecified atom stereocenters. The smallest absolute Gasteiger partial charge is 0.308 e. The molecule has 0 aliphatic carbocycles. The SMILES string of the molecule is Cc1sc2c(c1C)C(c1ccc(C#CCCON)cc1)=N[C@@H](CC(=O)OC(C)(C)C)c1nnc(C)n1-2. The van der Waals surface area contributed by atoms with Crippen LogP contribution in [0.1, 0.15) is 78.4 Å². The third-order valence-corrected chi connectivity index (χ3v) is 6.95.